The van der Waals surface area contributed by atoms with Gasteiger partial charge in [0.1, 0.15) is 5.75 Å². The van der Waals surface area contributed by atoms with E-state index in [1.807, 2.05) is 0 Å². The molecule has 0 aliphatic carbocycles. The highest BCUT2D eigenvalue weighted by Crippen LogP contribution is 2.23. The molecule has 1 aromatic rings. The maximum Gasteiger partial charge on any atom is 0.164 e. The number of Topliss-reactive ketones (excluding diaryl/α,β-unsaturated/α-hetero) is 1. The van der Waals surface area contributed by atoms with E-state index in [0.29, 0.717) is 22.8 Å². The Morgan fingerprint density at radius 1 is 1.53 bits per heavy atom. The minimum atomic E-state index is 0.0540. The molecule has 0 heterocycles. The summed E-state index contributed by atoms with van der Waals surface area (Å²) >= 11 is 9.23. The molecule has 0 unspecified atom stereocenters. The predicted octanol–water partition coefficient (Wildman–Crippen LogP) is 3.71. The number of methoxy groups -OCH3 is 1. The van der Waals surface area contributed by atoms with E-state index in [9.17, 15) is 4.79 Å². The van der Waals surface area contributed by atoms with Crippen molar-refractivity contribution < 1.29 is 9.53 Å². The van der Waals surface area contributed by atoms with E-state index in [1.165, 1.54) is 0 Å². The highest BCUT2D eigenvalue weighted by atomic mass is 79.9. The van der Waals surface area contributed by atoms with E-state index < -0.39 is 0 Å². The lowest BCUT2D eigenvalue weighted by Crippen LogP contribution is -2.00. The van der Waals surface area contributed by atoms with Crippen LogP contribution < -0.4 is 4.74 Å². The third kappa shape index (κ3) is 3.50. The number of benzene rings is 1. The average molecular weight is 292 g/mol. The first-order valence-electron chi connectivity index (χ1n) is 4.61. The molecule has 0 aliphatic heterocycles. The van der Waals surface area contributed by atoms with Gasteiger partial charge in [-0.2, -0.15) is 0 Å². The molecule has 0 amide bonds. The molecule has 0 saturated carbocycles. The lowest BCUT2D eigenvalue weighted by atomic mass is 10.1. The van der Waals surface area contributed by atoms with Gasteiger partial charge in [0.2, 0.25) is 0 Å². The van der Waals surface area contributed by atoms with Crippen LogP contribution in [0.3, 0.4) is 0 Å². The van der Waals surface area contributed by atoms with E-state index in [0.717, 1.165) is 11.8 Å². The van der Waals surface area contributed by atoms with Crippen molar-refractivity contribution in [3.63, 3.8) is 0 Å². The quantitative estimate of drug-likeness (QED) is 0.611. The van der Waals surface area contributed by atoms with Gasteiger partial charge in [-0.05, 0) is 24.6 Å². The number of halogens is 2. The Morgan fingerprint density at radius 2 is 2.27 bits per heavy atom. The number of rotatable bonds is 5. The summed E-state index contributed by atoms with van der Waals surface area (Å²) in [6.45, 7) is 0. The minimum absolute atomic E-state index is 0.0540. The van der Waals surface area contributed by atoms with Gasteiger partial charge in [0.05, 0.1) is 12.1 Å². The van der Waals surface area contributed by atoms with Gasteiger partial charge in [-0.15, -0.1) is 0 Å². The lowest BCUT2D eigenvalue weighted by molar-refractivity contribution is 0.0982. The standard InChI is InChI=1S/C11H12BrClO2/c1-15-8-4-5-10(13)9(7-8)11(14)3-2-6-12/h4-5,7H,2-3,6H2,1H3. The number of carbonyl (C=O) groups is 1. The summed E-state index contributed by atoms with van der Waals surface area (Å²) in [5, 5.41) is 1.30. The summed E-state index contributed by atoms with van der Waals surface area (Å²) in [7, 11) is 1.57. The SMILES string of the molecule is COc1ccc(Cl)c(C(=O)CCCBr)c1. The Hall–Kier alpha value is -0.540. The smallest absolute Gasteiger partial charge is 0.164 e. The molecule has 0 saturated heterocycles. The zero-order valence-electron chi connectivity index (χ0n) is 8.43. The molecule has 0 fully saturated rings. The zero-order chi connectivity index (χ0) is 11.3. The largest absolute Gasteiger partial charge is 0.497 e. The summed E-state index contributed by atoms with van der Waals surface area (Å²) < 4.78 is 5.04. The maximum absolute atomic E-state index is 11.7. The fourth-order valence-corrected chi connectivity index (χ4v) is 1.71. The zero-order valence-corrected chi connectivity index (χ0v) is 10.8. The van der Waals surface area contributed by atoms with Gasteiger partial charge in [0.25, 0.3) is 0 Å². The van der Waals surface area contributed by atoms with E-state index >= 15 is 0 Å². The molecule has 0 aromatic heterocycles. The summed E-state index contributed by atoms with van der Waals surface area (Å²) in [6, 6.07) is 5.10. The van der Waals surface area contributed by atoms with Crippen molar-refractivity contribution in [2.75, 3.05) is 12.4 Å². The molecule has 0 radical (unpaired) electrons. The van der Waals surface area contributed by atoms with Gasteiger partial charge in [-0.25, -0.2) is 0 Å². The average Bonchev–Trinajstić information content (AvgIpc) is 2.26. The van der Waals surface area contributed by atoms with Crippen LogP contribution in [0, 0.1) is 0 Å². The fraction of sp³-hybridized carbons (Fsp3) is 0.364. The molecule has 0 bridgehead atoms. The highest BCUT2D eigenvalue weighted by Gasteiger charge is 2.10. The van der Waals surface area contributed by atoms with Crippen LogP contribution in [0.5, 0.6) is 5.75 Å². The van der Waals surface area contributed by atoms with Crippen molar-refractivity contribution in [3.8, 4) is 5.75 Å². The summed E-state index contributed by atoms with van der Waals surface area (Å²) in [5.41, 5.74) is 0.539. The maximum atomic E-state index is 11.7. The van der Waals surface area contributed by atoms with Crippen molar-refractivity contribution in [2.45, 2.75) is 12.8 Å². The third-order valence-electron chi connectivity index (χ3n) is 2.01. The van der Waals surface area contributed by atoms with Gasteiger partial charge in [-0.1, -0.05) is 27.5 Å². The number of ether oxygens (including phenoxy) is 1. The fourth-order valence-electron chi connectivity index (χ4n) is 1.21. The molecule has 0 spiro atoms. The van der Waals surface area contributed by atoms with Crippen LogP contribution in [0.25, 0.3) is 0 Å². The Bertz CT molecular complexity index is 352. The number of alkyl halides is 1. The van der Waals surface area contributed by atoms with Crippen molar-refractivity contribution >= 4 is 33.3 Å². The van der Waals surface area contributed by atoms with Gasteiger partial charge in [0, 0.05) is 17.3 Å². The van der Waals surface area contributed by atoms with Crippen LogP contribution in [-0.4, -0.2) is 18.2 Å². The van der Waals surface area contributed by atoms with Crippen molar-refractivity contribution in [2.24, 2.45) is 0 Å². The molecule has 1 rings (SSSR count). The van der Waals surface area contributed by atoms with E-state index in [-0.39, 0.29) is 5.78 Å². The number of carbonyl (C=O) groups excluding carboxylic acids is 1. The second kappa shape index (κ2) is 6.13. The van der Waals surface area contributed by atoms with Crippen LogP contribution in [0.1, 0.15) is 23.2 Å². The molecular formula is C11H12BrClO2. The van der Waals surface area contributed by atoms with Crippen LogP contribution >= 0.6 is 27.5 Å². The van der Waals surface area contributed by atoms with Gasteiger partial charge in [-0.3, -0.25) is 4.79 Å². The van der Waals surface area contributed by atoms with Crippen molar-refractivity contribution in [1.29, 1.82) is 0 Å². The molecule has 15 heavy (non-hydrogen) atoms. The summed E-state index contributed by atoms with van der Waals surface area (Å²) in [4.78, 5) is 11.7. The van der Waals surface area contributed by atoms with Crippen LogP contribution in [0.15, 0.2) is 18.2 Å². The monoisotopic (exact) mass is 290 g/mol. The van der Waals surface area contributed by atoms with E-state index in [2.05, 4.69) is 15.9 Å². The van der Waals surface area contributed by atoms with E-state index in [4.69, 9.17) is 16.3 Å². The third-order valence-corrected chi connectivity index (χ3v) is 2.90. The Labute approximate surface area is 103 Å². The molecule has 1 aromatic carbocycles. The lowest BCUT2D eigenvalue weighted by Gasteiger charge is -2.05. The van der Waals surface area contributed by atoms with Crippen LogP contribution in [-0.2, 0) is 0 Å². The first kappa shape index (κ1) is 12.5. The van der Waals surface area contributed by atoms with Crippen LogP contribution in [0.4, 0.5) is 0 Å². The number of hydrogen-bond acceptors (Lipinski definition) is 2. The second-order valence-corrected chi connectivity index (χ2v) is 4.26. The molecule has 4 heteroatoms. The van der Waals surface area contributed by atoms with Crippen molar-refractivity contribution in [3.05, 3.63) is 28.8 Å². The highest BCUT2D eigenvalue weighted by molar-refractivity contribution is 9.09. The van der Waals surface area contributed by atoms with E-state index in [1.54, 1.807) is 25.3 Å². The summed E-state index contributed by atoms with van der Waals surface area (Å²) in [5.74, 6) is 0.708. The number of hydrogen-bond donors (Lipinski definition) is 0. The Balaban J connectivity index is 2.86. The Morgan fingerprint density at radius 3 is 2.87 bits per heavy atom. The minimum Gasteiger partial charge on any atom is -0.497 e. The Kier molecular flexibility index (Phi) is 5.12. The van der Waals surface area contributed by atoms with Crippen molar-refractivity contribution in [1.82, 2.24) is 0 Å². The van der Waals surface area contributed by atoms with Crippen LogP contribution in [0.2, 0.25) is 5.02 Å². The normalized spacial score (nSPS) is 10.1. The predicted molar refractivity (Wildman–Crippen MR) is 65.4 cm³/mol. The second-order valence-electron chi connectivity index (χ2n) is 3.06. The molecule has 0 aliphatic rings. The first-order valence-corrected chi connectivity index (χ1v) is 6.11. The van der Waals surface area contributed by atoms with Gasteiger partial charge < -0.3 is 4.74 Å². The number of ketones is 1. The summed E-state index contributed by atoms with van der Waals surface area (Å²) in [6.07, 6.45) is 1.31. The molecule has 0 N–H and O–H groups in total. The van der Waals surface area contributed by atoms with Gasteiger partial charge >= 0.3 is 0 Å². The molecule has 2 nitrogen and oxygen atoms in total. The first-order chi connectivity index (χ1) is 7.19. The molecule has 82 valence electrons. The molecular weight excluding hydrogens is 279 g/mol. The van der Waals surface area contributed by atoms with Gasteiger partial charge in [0.15, 0.2) is 5.78 Å². The topological polar surface area (TPSA) is 26.3 Å². The molecule has 0 atom stereocenters.